The molecule has 7 heteroatoms. The molecule has 2 rings (SSSR count). The molecule has 0 bridgehead atoms. The van der Waals surface area contributed by atoms with E-state index in [0.717, 1.165) is 0 Å². The summed E-state index contributed by atoms with van der Waals surface area (Å²) in [4.78, 5) is 26.9. The Morgan fingerprint density at radius 1 is 1.11 bits per heavy atom. The summed E-state index contributed by atoms with van der Waals surface area (Å²) in [6.07, 6.45) is 6.51. The van der Waals surface area contributed by atoms with Gasteiger partial charge in [-0.15, -0.1) is 0 Å². The van der Waals surface area contributed by atoms with Crippen LogP contribution in [0.1, 0.15) is 25.7 Å². The number of nitrogens with zero attached hydrogens (tertiary/aromatic N) is 1. The van der Waals surface area contributed by atoms with Crippen molar-refractivity contribution in [1.29, 1.82) is 0 Å². The molecular weight excluding hydrogens is 264 g/mol. The van der Waals surface area contributed by atoms with Crippen molar-refractivity contribution in [2.24, 2.45) is 16.8 Å². The summed E-state index contributed by atoms with van der Waals surface area (Å²) in [6.45, 7) is 1.37. The SMILES string of the molecule is CSC(=NC(=O)NCC1CC1)NC(=O)NCC1CC1. The Labute approximate surface area is 117 Å². The molecule has 2 fully saturated rings. The Hall–Kier alpha value is -1.24. The number of nitrogens with one attached hydrogen (secondary N) is 3. The van der Waals surface area contributed by atoms with Crippen LogP contribution in [0.3, 0.4) is 0 Å². The lowest BCUT2D eigenvalue weighted by Crippen LogP contribution is -2.40. The number of amidine groups is 1. The quantitative estimate of drug-likeness (QED) is 0.541. The van der Waals surface area contributed by atoms with Crippen molar-refractivity contribution in [3.05, 3.63) is 0 Å². The first-order chi connectivity index (χ1) is 9.17. The van der Waals surface area contributed by atoms with Gasteiger partial charge in [0.2, 0.25) is 0 Å². The van der Waals surface area contributed by atoms with E-state index in [2.05, 4.69) is 20.9 Å². The van der Waals surface area contributed by atoms with Gasteiger partial charge >= 0.3 is 12.1 Å². The predicted octanol–water partition coefficient (Wildman–Crippen LogP) is 1.53. The molecule has 2 aliphatic carbocycles. The van der Waals surface area contributed by atoms with Crippen molar-refractivity contribution in [1.82, 2.24) is 16.0 Å². The molecule has 0 aliphatic heterocycles. The molecular formula is C12H20N4O2S. The van der Waals surface area contributed by atoms with E-state index in [0.29, 0.717) is 30.1 Å². The van der Waals surface area contributed by atoms with Gasteiger partial charge in [0.15, 0.2) is 5.17 Å². The number of carbonyl (C=O) groups is 2. The fourth-order valence-corrected chi connectivity index (χ4v) is 1.88. The standard InChI is InChI=1S/C12H20N4O2S/c1-19-12(15-10(17)13-6-8-2-3-8)16-11(18)14-7-9-4-5-9/h8-9H,2-7H2,1H3,(H3,13,14,15,16,17,18). The zero-order valence-electron chi connectivity index (χ0n) is 11.1. The third kappa shape index (κ3) is 5.96. The second-order valence-corrected chi connectivity index (χ2v) is 5.82. The molecule has 0 aromatic rings. The Morgan fingerprint density at radius 3 is 2.21 bits per heavy atom. The monoisotopic (exact) mass is 284 g/mol. The number of hydrogen-bond donors (Lipinski definition) is 3. The predicted molar refractivity (Wildman–Crippen MR) is 76.3 cm³/mol. The molecule has 0 atom stereocenters. The zero-order valence-corrected chi connectivity index (χ0v) is 11.9. The molecule has 0 heterocycles. The topological polar surface area (TPSA) is 82.6 Å². The number of aliphatic imine (C=N–C) groups is 1. The molecule has 0 saturated heterocycles. The lowest BCUT2D eigenvalue weighted by Gasteiger charge is -2.07. The highest BCUT2D eigenvalue weighted by molar-refractivity contribution is 8.13. The van der Waals surface area contributed by atoms with Gasteiger partial charge in [-0.3, -0.25) is 5.32 Å². The van der Waals surface area contributed by atoms with Crippen molar-refractivity contribution >= 4 is 29.0 Å². The Morgan fingerprint density at radius 2 is 1.68 bits per heavy atom. The van der Waals surface area contributed by atoms with E-state index in [1.807, 2.05) is 0 Å². The van der Waals surface area contributed by atoms with Crippen LogP contribution in [0.15, 0.2) is 4.99 Å². The fraction of sp³-hybridized carbons (Fsp3) is 0.750. The van der Waals surface area contributed by atoms with Crippen molar-refractivity contribution in [2.45, 2.75) is 25.7 Å². The molecule has 4 amide bonds. The van der Waals surface area contributed by atoms with E-state index in [1.165, 1.54) is 37.4 Å². The van der Waals surface area contributed by atoms with Crippen LogP contribution in [0.2, 0.25) is 0 Å². The minimum absolute atomic E-state index is 0.296. The Bertz CT molecular complexity index is 378. The van der Waals surface area contributed by atoms with Gasteiger partial charge in [-0.05, 0) is 43.8 Å². The largest absolute Gasteiger partial charge is 0.343 e. The molecule has 2 aliphatic rings. The van der Waals surface area contributed by atoms with Crippen molar-refractivity contribution in [3.8, 4) is 0 Å². The van der Waals surface area contributed by atoms with Crippen LogP contribution in [0, 0.1) is 11.8 Å². The summed E-state index contributed by atoms with van der Waals surface area (Å²) < 4.78 is 0. The van der Waals surface area contributed by atoms with Crippen molar-refractivity contribution in [2.75, 3.05) is 19.3 Å². The van der Waals surface area contributed by atoms with Crippen LogP contribution < -0.4 is 16.0 Å². The second-order valence-electron chi connectivity index (χ2n) is 5.03. The van der Waals surface area contributed by atoms with Gasteiger partial charge in [-0.1, -0.05) is 11.8 Å². The molecule has 0 spiro atoms. The molecule has 19 heavy (non-hydrogen) atoms. The maximum Gasteiger partial charge on any atom is 0.343 e. The van der Waals surface area contributed by atoms with E-state index in [9.17, 15) is 9.59 Å². The van der Waals surface area contributed by atoms with E-state index < -0.39 is 6.03 Å². The van der Waals surface area contributed by atoms with E-state index >= 15 is 0 Å². The highest BCUT2D eigenvalue weighted by Crippen LogP contribution is 2.27. The first-order valence-corrected chi connectivity index (χ1v) is 7.85. The summed E-state index contributed by atoms with van der Waals surface area (Å²) in [7, 11) is 0. The van der Waals surface area contributed by atoms with Crippen LogP contribution in [0.5, 0.6) is 0 Å². The first kappa shape index (κ1) is 14.2. The summed E-state index contributed by atoms with van der Waals surface area (Å²) in [6, 6.07) is -0.686. The Balaban J connectivity index is 1.69. The highest BCUT2D eigenvalue weighted by Gasteiger charge is 2.22. The minimum Gasteiger partial charge on any atom is -0.338 e. The third-order valence-corrected chi connectivity index (χ3v) is 3.68. The number of amides is 4. The van der Waals surface area contributed by atoms with Crippen LogP contribution in [0.4, 0.5) is 9.59 Å². The maximum atomic E-state index is 11.6. The first-order valence-electron chi connectivity index (χ1n) is 6.62. The number of urea groups is 2. The smallest absolute Gasteiger partial charge is 0.338 e. The molecule has 2 saturated carbocycles. The van der Waals surface area contributed by atoms with Crippen molar-refractivity contribution < 1.29 is 9.59 Å². The number of rotatable bonds is 4. The Kier molecular flexibility index (Phi) is 5.07. The van der Waals surface area contributed by atoms with Gasteiger partial charge in [0.05, 0.1) is 0 Å². The molecule has 0 aromatic heterocycles. The summed E-state index contributed by atoms with van der Waals surface area (Å²) in [5.41, 5.74) is 0. The normalized spacial score (nSPS) is 18.9. The van der Waals surface area contributed by atoms with Gasteiger partial charge in [-0.25, -0.2) is 9.59 Å². The highest BCUT2D eigenvalue weighted by atomic mass is 32.2. The molecule has 0 radical (unpaired) electrons. The average molecular weight is 284 g/mol. The van der Waals surface area contributed by atoms with Crippen LogP contribution >= 0.6 is 11.8 Å². The fourth-order valence-electron chi connectivity index (χ4n) is 1.51. The van der Waals surface area contributed by atoms with Crippen molar-refractivity contribution in [3.63, 3.8) is 0 Å². The molecule has 3 N–H and O–H groups in total. The minimum atomic E-state index is -0.390. The molecule has 0 unspecified atom stereocenters. The van der Waals surface area contributed by atoms with Crippen LogP contribution in [0.25, 0.3) is 0 Å². The lowest BCUT2D eigenvalue weighted by molar-refractivity contribution is 0.245. The van der Waals surface area contributed by atoms with Gasteiger partial charge in [0.25, 0.3) is 0 Å². The zero-order chi connectivity index (χ0) is 13.7. The van der Waals surface area contributed by atoms with Gasteiger partial charge in [0.1, 0.15) is 0 Å². The van der Waals surface area contributed by atoms with Gasteiger partial charge < -0.3 is 10.6 Å². The molecule has 0 aromatic carbocycles. The maximum absolute atomic E-state index is 11.6. The summed E-state index contributed by atoms with van der Waals surface area (Å²) in [5.74, 6) is 1.24. The molecule has 6 nitrogen and oxygen atoms in total. The van der Waals surface area contributed by atoms with E-state index in [-0.39, 0.29) is 6.03 Å². The van der Waals surface area contributed by atoms with Gasteiger partial charge in [0, 0.05) is 13.1 Å². The molecule has 106 valence electrons. The lowest BCUT2D eigenvalue weighted by atomic mass is 10.4. The number of carbonyl (C=O) groups excluding carboxylic acids is 2. The van der Waals surface area contributed by atoms with E-state index in [4.69, 9.17) is 0 Å². The average Bonchev–Trinajstić information content (AvgIpc) is 3.27. The summed E-state index contributed by atoms with van der Waals surface area (Å²) in [5, 5.41) is 8.41. The number of thioether (sulfide) groups is 1. The van der Waals surface area contributed by atoms with E-state index in [1.54, 1.807) is 6.26 Å². The van der Waals surface area contributed by atoms with Gasteiger partial charge in [-0.2, -0.15) is 4.99 Å². The summed E-state index contributed by atoms with van der Waals surface area (Å²) >= 11 is 1.24. The van der Waals surface area contributed by atoms with Crippen LogP contribution in [-0.2, 0) is 0 Å². The third-order valence-electron chi connectivity index (χ3n) is 3.10. The second kappa shape index (κ2) is 6.79. The number of hydrogen-bond acceptors (Lipinski definition) is 3. The van der Waals surface area contributed by atoms with Crippen LogP contribution in [-0.4, -0.2) is 36.6 Å².